The van der Waals surface area contributed by atoms with Crippen molar-refractivity contribution < 1.29 is 4.39 Å². The van der Waals surface area contributed by atoms with Crippen LogP contribution < -0.4 is 5.56 Å². The van der Waals surface area contributed by atoms with E-state index < -0.39 is 17.2 Å². The lowest BCUT2D eigenvalue weighted by Gasteiger charge is -2.16. The van der Waals surface area contributed by atoms with Crippen LogP contribution in [0.25, 0.3) is 5.65 Å². The molecular weight excluding hydrogens is 412 g/mol. The Bertz CT molecular complexity index is 1210. The van der Waals surface area contributed by atoms with Crippen LogP contribution in [0.2, 0.25) is 5.15 Å². The van der Waals surface area contributed by atoms with E-state index in [1.807, 2.05) is 0 Å². The second-order valence-corrected chi connectivity index (χ2v) is 8.35. The van der Waals surface area contributed by atoms with Crippen LogP contribution in [0, 0.1) is 29.6 Å². The summed E-state index contributed by atoms with van der Waals surface area (Å²) in [4.78, 5) is 17.3. The van der Waals surface area contributed by atoms with Crippen molar-refractivity contribution in [3.05, 3.63) is 62.9 Å². The molecule has 3 rings (SSSR count). The normalized spacial score (nSPS) is 15.3. The van der Waals surface area contributed by atoms with Gasteiger partial charge in [0, 0.05) is 17.8 Å². The van der Waals surface area contributed by atoms with E-state index in [-0.39, 0.29) is 23.0 Å². The van der Waals surface area contributed by atoms with Crippen molar-refractivity contribution in [1.82, 2.24) is 19.2 Å². The highest BCUT2D eigenvalue weighted by atomic mass is 35.5. The minimum atomic E-state index is -1.72. The molecule has 0 N–H and O–H groups in total. The van der Waals surface area contributed by atoms with Gasteiger partial charge in [0.25, 0.3) is 5.56 Å². The van der Waals surface area contributed by atoms with Crippen molar-refractivity contribution in [1.29, 1.82) is 5.26 Å². The SMILES string of the molecule is C#C[C@@H](c1cccc2nc(Cn3nc(C(C)(F)P)cc3Cl)cc(=O)n12)[C@@H](C)C#N. The Balaban J connectivity index is 2.06. The third-order valence-corrected chi connectivity index (χ3v) is 5.11. The number of hydrogen-bond acceptors (Lipinski definition) is 4. The van der Waals surface area contributed by atoms with Gasteiger partial charge in [0.1, 0.15) is 16.5 Å². The van der Waals surface area contributed by atoms with E-state index in [1.165, 1.54) is 28.1 Å². The molecule has 4 atom stereocenters. The van der Waals surface area contributed by atoms with Gasteiger partial charge in [0.15, 0.2) is 5.41 Å². The standard InChI is InChI=1S/C20H18ClFN5OP/c1-4-14(12(2)10-23)15-6-5-7-18-24-13(8-19(28)27(15)18)11-26-17(21)9-16(25-26)20(3,22)29/h1,5-9,12,14H,11,29H2,2-3H3/t12-,14+,20?/m0/s1. The molecule has 2 unspecified atom stereocenters. The lowest BCUT2D eigenvalue weighted by atomic mass is 9.92. The minimum absolute atomic E-state index is 0.0999. The summed E-state index contributed by atoms with van der Waals surface area (Å²) in [5, 5.41) is 11.9. The first-order valence-electron chi connectivity index (χ1n) is 8.74. The van der Waals surface area contributed by atoms with E-state index in [9.17, 15) is 14.4 Å². The van der Waals surface area contributed by atoms with Gasteiger partial charge in [-0.25, -0.2) is 14.1 Å². The number of fused-ring (bicyclic) bond motifs is 1. The molecule has 0 spiro atoms. The first-order chi connectivity index (χ1) is 13.7. The predicted molar refractivity (Wildman–Crippen MR) is 112 cm³/mol. The lowest BCUT2D eigenvalue weighted by molar-refractivity contribution is 0.313. The number of rotatable bonds is 5. The Morgan fingerprint density at radius 1 is 1.45 bits per heavy atom. The molecule has 0 aromatic carbocycles. The van der Waals surface area contributed by atoms with Crippen molar-refractivity contribution >= 4 is 26.5 Å². The van der Waals surface area contributed by atoms with Crippen molar-refractivity contribution in [3.8, 4) is 18.4 Å². The van der Waals surface area contributed by atoms with E-state index in [0.29, 0.717) is 17.0 Å². The van der Waals surface area contributed by atoms with Crippen LogP contribution in [-0.4, -0.2) is 19.2 Å². The topological polar surface area (TPSA) is 76.0 Å². The Morgan fingerprint density at radius 3 is 2.76 bits per heavy atom. The number of alkyl halides is 1. The zero-order valence-electron chi connectivity index (χ0n) is 15.8. The highest BCUT2D eigenvalue weighted by Crippen LogP contribution is 2.33. The number of hydrogen-bond donors (Lipinski definition) is 0. The summed E-state index contributed by atoms with van der Waals surface area (Å²) in [5.41, 5.74) is 1.16. The Labute approximate surface area is 174 Å². The summed E-state index contributed by atoms with van der Waals surface area (Å²) < 4.78 is 16.9. The fraction of sp³-hybridized carbons (Fsp3) is 0.300. The number of nitrogens with zero attached hydrogens (tertiary/aromatic N) is 5. The van der Waals surface area contributed by atoms with E-state index in [1.54, 1.807) is 25.1 Å². The van der Waals surface area contributed by atoms with Crippen molar-refractivity contribution in [3.63, 3.8) is 0 Å². The number of nitriles is 1. The first kappa shape index (κ1) is 21.0. The number of pyridine rings is 1. The second-order valence-electron chi connectivity index (χ2n) is 6.88. The number of aromatic nitrogens is 4. The molecule has 0 saturated carbocycles. The fourth-order valence-corrected chi connectivity index (χ4v) is 3.35. The molecule has 0 amide bonds. The molecule has 3 heterocycles. The Kier molecular flexibility index (Phi) is 5.75. The Morgan fingerprint density at radius 2 is 2.17 bits per heavy atom. The summed E-state index contributed by atoms with van der Waals surface area (Å²) in [5.74, 6) is 1.56. The van der Waals surface area contributed by atoms with Gasteiger partial charge >= 0.3 is 0 Å². The molecule has 0 fully saturated rings. The van der Waals surface area contributed by atoms with Crippen LogP contribution >= 0.6 is 20.8 Å². The van der Waals surface area contributed by atoms with Crippen LogP contribution in [0.1, 0.15) is 36.8 Å². The molecule has 6 nitrogen and oxygen atoms in total. The average Bonchev–Trinajstić information content (AvgIpc) is 3.03. The van der Waals surface area contributed by atoms with E-state index in [0.717, 1.165) is 0 Å². The van der Waals surface area contributed by atoms with Crippen LogP contribution in [0.4, 0.5) is 4.39 Å². The predicted octanol–water partition coefficient (Wildman–Crippen LogP) is 3.49. The monoisotopic (exact) mass is 429 g/mol. The van der Waals surface area contributed by atoms with E-state index in [2.05, 4.69) is 31.3 Å². The van der Waals surface area contributed by atoms with E-state index >= 15 is 0 Å². The molecule has 3 aromatic heterocycles. The van der Waals surface area contributed by atoms with Crippen molar-refractivity contribution in [2.24, 2.45) is 5.92 Å². The van der Waals surface area contributed by atoms with Crippen LogP contribution in [0.15, 0.2) is 35.1 Å². The van der Waals surface area contributed by atoms with Gasteiger partial charge in [-0.3, -0.25) is 9.20 Å². The van der Waals surface area contributed by atoms with Crippen LogP contribution in [0.3, 0.4) is 0 Å². The number of halogens is 2. The Hall–Kier alpha value is -2.73. The zero-order valence-corrected chi connectivity index (χ0v) is 17.7. The van der Waals surface area contributed by atoms with Gasteiger partial charge < -0.3 is 0 Å². The molecule has 0 aliphatic carbocycles. The number of terminal acetylenes is 1. The molecule has 9 heteroatoms. The van der Waals surface area contributed by atoms with Gasteiger partial charge in [0.2, 0.25) is 0 Å². The maximum Gasteiger partial charge on any atom is 0.258 e. The molecule has 0 aliphatic rings. The van der Waals surface area contributed by atoms with Crippen molar-refractivity contribution in [2.75, 3.05) is 0 Å². The average molecular weight is 430 g/mol. The molecular formula is C20H18ClFN5OP. The molecule has 29 heavy (non-hydrogen) atoms. The summed E-state index contributed by atoms with van der Waals surface area (Å²) in [7, 11) is 2.06. The summed E-state index contributed by atoms with van der Waals surface area (Å²) in [6.07, 6.45) is 5.61. The smallest absolute Gasteiger partial charge is 0.258 e. The molecule has 148 valence electrons. The second kappa shape index (κ2) is 7.95. The fourth-order valence-electron chi connectivity index (χ4n) is 3.01. The van der Waals surface area contributed by atoms with Crippen LogP contribution in [-0.2, 0) is 12.0 Å². The quantitative estimate of drug-likeness (QED) is 0.459. The molecule has 0 aliphatic heterocycles. The maximum absolute atomic E-state index is 14.1. The minimum Gasteiger partial charge on any atom is -0.269 e. The van der Waals surface area contributed by atoms with E-state index in [4.69, 9.17) is 18.0 Å². The van der Waals surface area contributed by atoms with Gasteiger partial charge in [-0.15, -0.1) is 6.42 Å². The highest BCUT2D eigenvalue weighted by molar-refractivity contribution is 7.18. The summed E-state index contributed by atoms with van der Waals surface area (Å²) in [6, 6.07) is 10.0. The van der Waals surface area contributed by atoms with Gasteiger partial charge in [0.05, 0.1) is 30.1 Å². The molecule has 0 saturated heterocycles. The van der Waals surface area contributed by atoms with Crippen LogP contribution in [0.5, 0.6) is 0 Å². The molecule has 0 bridgehead atoms. The van der Waals surface area contributed by atoms with Gasteiger partial charge in [-0.2, -0.15) is 10.4 Å². The summed E-state index contributed by atoms with van der Waals surface area (Å²) >= 11 is 6.16. The third-order valence-electron chi connectivity index (χ3n) is 4.51. The van der Waals surface area contributed by atoms with Gasteiger partial charge in [-0.1, -0.05) is 32.8 Å². The summed E-state index contributed by atoms with van der Waals surface area (Å²) in [6.45, 7) is 3.16. The largest absolute Gasteiger partial charge is 0.269 e. The third kappa shape index (κ3) is 4.17. The highest BCUT2D eigenvalue weighted by Gasteiger charge is 2.24. The van der Waals surface area contributed by atoms with Crippen molar-refractivity contribution in [2.45, 2.75) is 31.7 Å². The molecule has 0 radical (unpaired) electrons. The lowest BCUT2D eigenvalue weighted by Crippen LogP contribution is -2.23. The maximum atomic E-state index is 14.1. The molecule has 3 aromatic rings. The first-order valence-corrected chi connectivity index (χ1v) is 9.70. The zero-order chi connectivity index (χ0) is 21.3. The van der Waals surface area contributed by atoms with Gasteiger partial charge in [-0.05, 0) is 26.0 Å².